The second kappa shape index (κ2) is 5.50. The first kappa shape index (κ1) is 14.0. The fourth-order valence-electron chi connectivity index (χ4n) is 2.72. The Kier molecular flexibility index (Phi) is 4.81. The van der Waals surface area contributed by atoms with E-state index in [-0.39, 0.29) is 5.60 Å². The van der Waals surface area contributed by atoms with Crippen molar-refractivity contribution in [2.75, 3.05) is 13.7 Å². The minimum atomic E-state index is -0.0109. The zero-order valence-corrected chi connectivity index (χ0v) is 11.7. The van der Waals surface area contributed by atoms with Crippen LogP contribution < -0.4 is 5.32 Å². The first-order chi connectivity index (χ1) is 7.37. The fraction of sp³-hybridized carbons (Fsp3) is 1.00. The zero-order valence-electron chi connectivity index (χ0n) is 11.7. The molecule has 0 amide bonds. The first-order valence-electron chi connectivity index (χ1n) is 6.65. The van der Waals surface area contributed by atoms with Crippen LogP contribution in [0.5, 0.6) is 0 Å². The van der Waals surface area contributed by atoms with E-state index in [0.717, 1.165) is 13.0 Å². The molecule has 0 aromatic heterocycles. The van der Waals surface area contributed by atoms with Crippen molar-refractivity contribution in [1.82, 2.24) is 5.32 Å². The molecule has 16 heavy (non-hydrogen) atoms. The molecule has 0 spiro atoms. The van der Waals surface area contributed by atoms with Gasteiger partial charge >= 0.3 is 0 Å². The summed E-state index contributed by atoms with van der Waals surface area (Å²) < 4.78 is 5.47. The van der Waals surface area contributed by atoms with Crippen molar-refractivity contribution in [3.05, 3.63) is 0 Å². The molecule has 96 valence electrons. The SMILES string of the molecule is COC(C)(C)CC(C)NCC1(C)CCCC1. The molecule has 1 atom stereocenters. The van der Waals surface area contributed by atoms with E-state index in [9.17, 15) is 0 Å². The molecule has 1 aliphatic rings. The van der Waals surface area contributed by atoms with Crippen LogP contribution in [0.3, 0.4) is 0 Å². The summed E-state index contributed by atoms with van der Waals surface area (Å²) in [6.07, 6.45) is 6.67. The second-order valence-corrected chi connectivity index (χ2v) is 6.47. The lowest BCUT2D eigenvalue weighted by Crippen LogP contribution is -2.40. The van der Waals surface area contributed by atoms with Crippen LogP contribution in [-0.4, -0.2) is 25.3 Å². The number of nitrogens with one attached hydrogen (secondary N) is 1. The number of rotatable bonds is 6. The third-order valence-corrected chi connectivity index (χ3v) is 4.04. The monoisotopic (exact) mass is 227 g/mol. The highest BCUT2D eigenvalue weighted by Crippen LogP contribution is 2.36. The normalized spacial score (nSPS) is 22.3. The maximum atomic E-state index is 5.47. The van der Waals surface area contributed by atoms with Crippen LogP contribution in [0.15, 0.2) is 0 Å². The van der Waals surface area contributed by atoms with Gasteiger partial charge in [0.25, 0.3) is 0 Å². The average molecular weight is 227 g/mol. The third kappa shape index (κ3) is 4.42. The number of methoxy groups -OCH3 is 1. The van der Waals surface area contributed by atoms with Crippen molar-refractivity contribution in [2.45, 2.75) is 71.4 Å². The Morgan fingerprint density at radius 2 is 1.88 bits per heavy atom. The summed E-state index contributed by atoms with van der Waals surface area (Å²) in [5.74, 6) is 0. The van der Waals surface area contributed by atoms with E-state index in [1.54, 1.807) is 7.11 Å². The second-order valence-electron chi connectivity index (χ2n) is 6.47. The summed E-state index contributed by atoms with van der Waals surface area (Å²) in [5, 5.41) is 3.68. The quantitative estimate of drug-likeness (QED) is 0.751. The third-order valence-electron chi connectivity index (χ3n) is 4.04. The number of hydrogen-bond donors (Lipinski definition) is 1. The maximum absolute atomic E-state index is 5.47. The van der Waals surface area contributed by atoms with Gasteiger partial charge in [-0.25, -0.2) is 0 Å². The van der Waals surface area contributed by atoms with E-state index in [4.69, 9.17) is 4.74 Å². The van der Waals surface area contributed by atoms with Crippen LogP contribution in [0.4, 0.5) is 0 Å². The Balaban J connectivity index is 2.27. The Labute approximate surface area is 101 Å². The van der Waals surface area contributed by atoms with Crippen LogP contribution in [0.1, 0.15) is 59.8 Å². The van der Waals surface area contributed by atoms with Crippen LogP contribution in [0.2, 0.25) is 0 Å². The molecule has 1 saturated carbocycles. The molecule has 0 aromatic carbocycles. The lowest BCUT2D eigenvalue weighted by atomic mass is 9.88. The van der Waals surface area contributed by atoms with Gasteiger partial charge in [0.05, 0.1) is 5.60 Å². The Hall–Kier alpha value is -0.0800. The van der Waals surface area contributed by atoms with Crippen molar-refractivity contribution in [1.29, 1.82) is 0 Å². The molecule has 1 aliphatic carbocycles. The minimum absolute atomic E-state index is 0.0109. The van der Waals surface area contributed by atoms with Gasteiger partial charge in [-0.1, -0.05) is 19.8 Å². The predicted molar refractivity (Wildman–Crippen MR) is 69.7 cm³/mol. The van der Waals surface area contributed by atoms with E-state index in [1.807, 2.05) is 0 Å². The molecular weight excluding hydrogens is 198 g/mol. The summed E-state index contributed by atoms with van der Waals surface area (Å²) in [5.41, 5.74) is 0.536. The van der Waals surface area contributed by atoms with Gasteiger partial charge in [0.1, 0.15) is 0 Å². The molecule has 0 radical (unpaired) electrons. The standard InChI is InChI=1S/C14H29NO/c1-12(10-13(2,3)16-5)15-11-14(4)8-6-7-9-14/h12,15H,6-11H2,1-5H3. The minimum Gasteiger partial charge on any atom is -0.379 e. The molecule has 0 bridgehead atoms. The molecule has 0 saturated heterocycles. The van der Waals surface area contributed by atoms with Gasteiger partial charge in [0.15, 0.2) is 0 Å². The van der Waals surface area contributed by atoms with Crippen LogP contribution in [0, 0.1) is 5.41 Å². The summed E-state index contributed by atoms with van der Waals surface area (Å²) in [4.78, 5) is 0. The molecule has 2 nitrogen and oxygen atoms in total. The summed E-state index contributed by atoms with van der Waals surface area (Å²) >= 11 is 0. The lowest BCUT2D eigenvalue weighted by Gasteiger charge is -2.30. The van der Waals surface area contributed by atoms with E-state index < -0.39 is 0 Å². The van der Waals surface area contributed by atoms with E-state index >= 15 is 0 Å². The summed E-state index contributed by atoms with van der Waals surface area (Å²) in [7, 11) is 1.80. The smallest absolute Gasteiger partial charge is 0.0637 e. The molecule has 0 heterocycles. The van der Waals surface area contributed by atoms with E-state index in [1.165, 1.54) is 25.7 Å². The lowest BCUT2D eigenvalue weighted by molar-refractivity contribution is 0.00780. The molecule has 1 N–H and O–H groups in total. The van der Waals surface area contributed by atoms with Gasteiger partial charge in [0, 0.05) is 19.7 Å². The van der Waals surface area contributed by atoms with Gasteiger partial charge < -0.3 is 10.1 Å². The predicted octanol–water partition coefficient (Wildman–Crippen LogP) is 3.36. The molecule has 0 aliphatic heterocycles. The molecule has 0 aromatic rings. The Bertz CT molecular complexity index is 207. The Morgan fingerprint density at radius 1 is 1.31 bits per heavy atom. The van der Waals surface area contributed by atoms with E-state index in [0.29, 0.717) is 11.5 Å². The molecule has 1 rings (SSSR count). The van der Waals surface area contributed by atoms with Gasteiger partial charge in [0.2, 0.25) is 0 Å². The highest BCUT2D eigenvalue weighted by molar-refractivity contribution is 4.84. The van der Waals surface area contributed by atoms with Crippen LogP contribution in [-0.2, 0) is 4.74 Å². The van der Waals surface area contributed by atoms with Gasteiger partial charge in [-0.2, -0.15) is 0 Å². The van der Waals surface area contributed by atoms with E-state index in [2.05, 4.69) is 33.0 Å². The average Bonchev–Trinajstić information content (AvgIpc) is 2.63. The molecular formula is C14H29NO. The maximum Gasteiger partial charge on any atom is 0.0637 e. The number of ether oxygens (including phenoxy) is 1. The first-order valence-corrected chi connectivity index (χ1v) is 6.65. The fourth-order valence-corrected chi connectivity index (χ4v) is 2.72. The molecule has 2 heteroatoms. The zero-order chi connectivity index (χ0) is 12.2. The molecule has 1 unspecified atom stereocenters. The van der Waals surface area contributed by atoms with Gasteiger partial charge in [-0.15, -0.1) is 0 Å². The van der Waals surface area contributed by atoms with Crippen LogP contribution >= 0.6 is 0 Å². The van der Waals surface area contributed by atoms with Crippen molar-refractivity contribution in [2.24, 2.45) is 5.41 Å². The summed E-state index contributed by atoms with van der Waals surface area (Å²) in [6.45, 7) is 10.2. The highest BCUT2D eigenvalue weighted by atomic mass is 16.5. The number of hydrogen-bond acceptors (Lipinski definition) is 2. The van der Waals surface area contributed by atoms with Gasteiger partial charge in [-0.05, 0) is 45.4 Å². The van der Waals surface area contributed by atoms with Crippen LogP contribution in [0.25, 0.3) is 0 Å². The van der Waals surface area contributed by atoms with Crippen molar-refractivity contribution in [3.63, 3.8) is 0 Å². The largest absolute Gasteiger partial charge is 0.379 e. The molecule has 1 fully saturated rings. The highest BCUT2D eigenvalue weighted by Gasteiger charge is 2.29. The van der Waals surface area contributed by atoms with Crippen molar-refractivity contribution < 1.29 is 4.74 Å². The summed E-state index contributed by atoms with van der Waals surface area (Å²) in [6, 6.07) is 0.535. The topological polar surface area (TPSA) is 21.3 Å². The Morgan fingerprint density at radius 3 is 2.38 bits per heavy atom. The van der Waals surface area contributed by atoms with Crippen molar-refractivity contribution >= 4 is 0 Å². The van der Waals surface area contributed by atoms with Crippen molar-refractivity contribution in [3.8, 4) is 0 Å². The van der Waals surface area contributed by atoms with Gasteiger partial charge in [-0.3, -0.25) is 0 Å².